The molecule has 116 valence electrons. The number of benzene rings is 1. The van der Waals surface area contributed by atoms with Crippen molar-refractivity contribution in [2.24, 2.45) is 5.92 Å². The largest absolute Gasteiger partial charge is 0.351 e. The molecule has 0 aliphatic rings. The average molecular weight is 299 g/mol. The lowest BCUT2D eigenvalue weighted by Crippen LogP contribution is -2.30. The van der Waals surface area contributed by atoms with Gasteiger partial charge in [0.2, 0.25) is 0 Å². The van der Waals surface area contributed by atoms with Crippen LogP contribution in [-0.2, 0) is 6.54 Å². The minimum absolute atomic E-state index is 0.220. The molecule has 2 rings (SSSR count). The van der Waals surface area contributed by atoms with Crippen LogP contribution in [0.2, 0.25) is 0 Å². The van der Waals surface area contributed by atoms with Crippen LogP contribution in [0.25, 0.3) is 0 Å². The summed E-state index contributed by atoms with van der Waals surface area (Å²) in [5, 5.41) is 6.98. The Morgan fingerprint density at radius 3 is 2.59 bits per heavy atom. The van der Waals surface area contributed by atoms with Gasteiger partial charge in [-0.2, -0.15) is 5.10 Å². The molecule has 1 N–H and O–H groups in total. The van der Waals surface area contributed by atoms with Crippen molar-refractivity contribution in [1.82, 2.24) is 15.1 Å². The minimum atomic E-state index is -0.248. The molecular formula is C17H21N3O2. The number of nitrogens with one attached hydrogen (secondary N) is 1. The van der Waals surface area contributed by atoms with Crippen molar-refractivity contribution >= 4 is 5.91 Å². The van der Waals surface area contributed by atoms with Gasteiger partial charge in [0.1, 0.15) is 5.69 Å². The third kappa shape index (κ3) is 4.55. The Labute approximate surface area is 130 Å². The molecule has 0 spiro atoms. The fraction of sp³-hybridized carbons (Fsp3) is 0.353. The van der Waals surface area contributed by atoms with E-state index in [0.717, 1.165) is 12.0 Å². The maximum absolute atomic E-state index is 12.1. The Bertz CT molecular complexity index is 678. The molecule has 0 aliphatic carbocycles. The number of hydrogen-bond donors (Lipinski definition) is 1. The van der Waals surface area contributed by atoms with Crippen LogP contribution >= 0.6 is 0 Å². The van der Waals surface area contributed by atoms with Crippen molar-refractivity contribution in [1.29, 1.82) is 0 Å². The second-order valence-electron chi connectivity index (χ2n) is 5.64. The predicted octanol–water partition coefficient (Wildman–Crippen LogP) is 2.07. The fourth-order valence-electron chi connectivity index (χ4n) is 2.00. The van der Waals surface area contributed by atoms with Gasteiger partial charge in [0.25, 0.3) is 11.5 Å². The number of nitrogens with zero attached hydrogens (tertiary/aromatic N) is 2. The standard InChI is InChI=1S/C17H21N3O2/c1-13(2)10-11-18-17(22)15-8-9-16(21)20(19-15)12-14-6-4-3-5-7-14/h3-9,13H,10-12H2,1-2H3,(H,18,22). The van der Waals surface area contributed by atoms with Crippen LogP contribution in [0.5, 0.6) is 0 Å². The zero-order chi connectivity index (χ0) is 15.9. The van der Waals surface area contributed by atoms with Crippen LogP contribution in [0.4, 0.5) is 0 Å². The predicted molar refractivity (Wildman–Crippen MR) is 85.8 cm³/mol. The van der Waals surface area contributed by atoms with Crippen LogP contribution in [0.1, 0.15) is 36.3 Å². The Morgan fingerprint density at radius 1 is 1.18 bits per heavy atom. The fourth-order valence-corrected chi connectivity index (χ4v) is 2.00. The smallest absolute Gasteiger partial charge is 0.271 e. The van der Waals surface area contributed by atoms with Gasteiger partial charge in [-0.1, -0.05) is 44.2 Å². The van der Waals surface area contributed by atoms with Gasteiger partial charge in [0.05, 0.1) is 6.54 Å². The zero-order valence-corrected chi connectivity index (χ0v) is 13.0. The van der Waals surface area contributed by atoms with Crippen molar-refractivity contribution in [3.05, 3.63) is 64.1 Å². The van der Waals surface area contributed by atoms with Gasteiger partial charge in [-0.05, 0) is 24.0 Å². The van der Waals surface area contributed by atoms with Crippen molar-refractivity contribution in [2.45, 2.75) is 26.8 Å². The van der Waals surface area contributed by atoms with Crippen LogP contribution in [0, 0.1) is 5.92 Å². The number of carbonyl (C=O) groups excluding carboxylic acids is 1. The van der Waals surface area contributed by atoms with Crippen molar-refractivity contribution in [3.63, 3.8) is 0 Å². The summed E-state index contributed by atoms with van der Waals surface area (Å²) in [5.74, 6) is 0.280. The van der Waals surface area contributed by atoms with Crippen LogP contribution in [0.15, 0.2) is 47.3 Å². The second kappa shape index (κ2) is 7.54. The van der Waals surface area contributed by atoms with E-state index < -0.39 is 0 Å². The molecule has 0 saturated carbocycles. The molecule has 5 nitrogen and oxygen atoms in total. The molecule has 1 aromatic heterocycles. The lowest BCUT2D eigenvalue weighted by Gasteiger charge is -2.09. The number of amides is 1. The molecule has 1 heterocycles. The molecule has 0 atom stereocenters. The first-order valence-electron chi connectivity index (χ1n) is 7.46. The van der Waals surface area contributed by atoms with Gasteiger partial charge in [-0.3, -0.25) is 9.59 Å². The number of hydrogen-bond acceptors (Lipinski definition) is 3. The summed E-state index contributed by atoms with van der Waals surface area (Å²) < 4.78 is 1.31. The molecule has 22 heavy (non-hydrogen) atoms. The minimum Gasteiger partial charge on any atom is -0.351 e. The van der Waals surface area contributed by atoms with Crippen LogP contribution in [0.3, 0.4) is 0 Å². The van der Waals surface area contributed by atoms with Crippen LogP contribution < -0.4 is 10.9 Å². The van der Waals surface area contributed by atoms with E-state index in [9.17, 15) is 9.59 Å². The Balaban J connectivity index is 2.09. The average Bonchev–Trinajstić information content (AvgIpc) is 2.50. The highest BCUT2D eigenvalue weighted by Crippen LogP contribution is 2.01. The Hall–Kier alpha value is -2.43. The van der Waals surface area contributed by atoms with Crippen molar-refractivity contribution in [3.8, 4) is 0 Å². The summed E-state index contributed by atoms with van der Waals surface area (Å²) in [5.41, 5.74) is 1.01. The summed E-state index contributed by atoms with van der Waals surface area (Å²) >= 11 is 0. The highest BCUT2D eigenvalue weighted by Gasteiger charge is 2.09. The molecule has 0 radical (unpaired) electrons. The number of carbonyl (C=O) groups is 1. The first-order chi connectivity index (χ1) is 10.6. The van der Waals surface area contributed by atoms with E-state index in [1.54, 1.807) is 0 Å². The molecule has 2 aromatic rings. The zero-order valence-electron chi connectivity index (χ0n) is 13.0. The topological polar surface area (TPSA) is 64.0 Å². The van der Waals surface area contributed by atoms with Gasteiger partial charge in [0.15, 0.2) is 0 Å². The Kier molecular flexibility index (Phi) is 5.47. The molecular weight excluding hydrogens is 278 g/mol. The molecule has 0 aliphatic heterocycles. The molecule has 5 heteroatoms. The van der Waals surface area contributed by atoms with E-state index in [4.69, 9.17) is 0 Å². The number of aromatic nitrogens is 2. The van der Waals surface area contributed by atoms with Gasteiger partial charge in [0, 0.05) is 12.6 Å². The normalized spacial score (nSPS) is 10.7. The molecule has 1 aromatic carbocycles. The van der Waals surface area contributed by atoms with Crippen molar-refractivity contribution in [2.75, 3.05) is 6.54 Å². The lowest BCUT2D eigenvalue weighted by molar-refractivity contribution is 0.0944. The van der Waals surface area contributed by atoms with E-state index in [1.165, 1.54) is 16.8 Å². The molecule has 0 fully saturated rings. The summed E-state index contributed by atoms with van der Waals surface area (Å²) in [7, 11) is 0. The molecule has 1 amide bonds. The van der Waals surface area contributed by atoms with Crippen LogP contribution in [-0.4, -0.2) is 22.2 Å². The Morgan fingerprint density at radius 2 is 1.91 bits per heavy atom. The highest BCUT2D eigenvalue weighted by molar-refractivity contribution is 5.91. The van der Waals surface area contributed by atoms with Gasteiger partial charge in [-0.25, -0.2) is 4.68 Å². The summed E-state index contributed by atoms with van der Waals surface area (Å²) in [4.78, 5) is 23.9. The monoisotopic (exact) mass is 299 g/mol. The summed E-state index contributed by atoms with van der Waals surface area (Å²) in [6.07, 6.45) is 0.912. The van der Waals surface area contributed by atoms with E-state index in [0.29, 0.717) is 19.0 Å². The maximum atomic E-state index is 12.1. The molecule has 0 bridgehead atoms. The van der Waals surface area contributed by atoms with E-state index in [1.807, 2.05) is 30.3 Å². The van der Waals surface area contributed by atoms with Gasteiger partial charge in [-0.15, -0.1) is 0 Å². The van der Waals surface area contributed by atoms with E-state index >= 15 is 0 Å². The quantitative estimate of drug-likeness (QED) is 0.888. The summed E-state index contributed by atoms with van der Waals surface area (Å²) in [6, 6.07) is 12.4. The first-order valence-corrected chi connectivity index (χ1v) is 7.46. The second-order valence-corrected chi connectivity index (χ2v) is 5.64. The van der Waals surface area contributed by atoms with E-state index in [2.05, 4.69) is 24.3 Å². The first kappa shape index (κ1) is 15.9. The van der Waals surface area contributed by atoms with Gasteiger partial charge < -0.3 is 5.32 Å². The van der Waals surface area contributed by atoms with Gasteiger partial charge >= 0.3 is 0 Å². The van der Waals surface area contributed by atoms with E-state index in [-0.39, 0.29) is 17.2 Å². The maximum Gasteiger partial charge on any atom is 0.271 e. The highest BCUT2D eigenvalue weighted by atomic mass is 16.2. The lowest BCUT2D eigenvalue weighted by atomic mass is 10.1. The third-order valence-electron chi connectivity index (χ3n) is 3.28. The molecule has 0 unspecified atom stereocenters. The molecule has 0 saturated heterocycles. The van der Waals surface area contributed by atoms with Crippen molar-refractivity contribution < 1.29 is 4.79 Å². The third-order valence-corrected chi connectivity index (χ3v) is 3.28. The summed E-state index contributed by atoms with van der Waals surface area (Å²) in [6.45, 7) is 5.16. The SMILES string of the molecule is CC(C)CCNC(=O)c1ccc(=O)n(Cc2ccccc2)n1. The number of rotatable bonds is 6.